The first-order valence-electron chi connectivity index (χ1n) is 11.7. The molecule has 1 saturated carbocycles. The summed E-state index contributed by atoms with van der Waals surface area (Å²) in [6.07, 6.45) is 5.74. The van der Waals surface area contributed by atoms with Gasteiger partial charge in [0.05, 0.1) is 4.90 Å². The molecule has 2 N–H and O–H groups in total. The minimum absolute atomic E-state index is 0.0155. The van der Waals surface area contributed by atoms with E-state index in [9.17, 15) is 18.0 Å². The highest BCUT2D eigenvalue weighted by atomic mass is 32.2. The van der Waals surface area contributed by atoms with E-state index < -0.39 is 21.5 Å². The number of nitrogens with one attached hydrogen (secondary N) is 2. The average Bonchev–Trinajstić information content (AvgIpc) is 3.38. The second kappa shape index (κ2) is 9.49. The van der Waals surface area contributed by atoms with Crippen molar-refractivity contribution in [3.63, 3.8) is 0 Å². The van der Waals surface area contributed by atoms with Crippen LogP contribution in [0.4, 0.5) is 0 Å². The van der Waals surface area contributed by atoms with Gasteiger partial charge in [0.1, 0.15) is 6.04 Å². The molecule has 8 nitrogen and oxygen atoms in total. The van der Waals surface area contributed by atoms with Crippen LogP contribution < -0.4 is 10.6 Å². The summed E-state index contributed by atoms with van der Waals surface area (Å²) in [5.41, 5.74) is -0.448. The van der Waals surface area contributed by atoms with E-state index in [1.165, 1.54) is 30.6 Å². The molecule has 9 heteroatoms. The van der Waals surface area contributed by atoms with E-state index in [2.05, 4.69) is 15.5 Å². The quantitative estimate of drug-likeness (QED) is 0.566. The SMILES string of the molecule is CNC(=O)[C@@H]1C[C@@]2(C[C@@H]2C(=O)NCCCN2CCCCC2)CN1S(=O)(=O)c1ccccc1. The number of sulfonamides is 1. The fraction of sp³-hybridized carbons (Fsp3) is 0.652. The van der Waals surface area contributed by atoms with E-state index in [0.29, 0.717) is 19.4 Å². The van der Waals surface area contributed by atoms with E-state index >= 15 is 0 Å². The van der Waals surface area contributed by atoms with Gasteiger partial charge in [0.25, 0.3) is 0 Å². The van der Waals surface area contributed by atoms with Crippen molar-refractivity contribution >= 4 is 21.8 Å². The molecule has 176 valence electrons. The number of hydrogen-bond acceptors (Lipinski definition) is 5. The Morgan fingerprint density at radius 3 is 2.47 bits per heavy atom. The lowest BCUT2D eigenvalue weighted by Gasteiger charge is -2.26. The zero-order valence-electron chi connectivity index (χ0n) is 18.8. The molecule has 1 aromatic carbocycles. The first kappa shape index (κ1) is 23.2. The maximum Gasteiger partial charge on any atom is 0.243 e. The highest BCUT2D eigenvalue weighted by Crippen LogP contribution is 2.60. The minimum Gasteiger partial charge on any atom is -0.358 e. The lowest BCUT2D eigenvalue weighted by atomic mass is 9.99. The summed E-state index contributed by atoms with van der Waals surface area (Å²) in [5, 5.41) is 5.64. The lowest BCUT2D eigenvalue weighted by Crippen LogP contribution is -2.44. The minimum atomic E-state index is -3.82. The van der Waals surface area contributed by atoms with Crippen molar-refractivity contribution in [2.45, 2.75) is 49.5 Å². The highest BCUT2D eigenvalue weighted by molar-refractivity contribution is 7.89. The number of likely N-dealkylation sites (tertiary alicyclic amines) is 1. The van der Waals surface area contributed by atoms with E-state index in [-0.39, 0.29) is 29.2 Å². The van der Waals surface area contributed by atoms with Gasteiger partial charge in [-0.25, -0.2) is 8.42 Å². The lowest BCUT2D eigenvalue weighted by molar-refractivity contribution is -0.124. The molecule has 0 unspecified atom stereocenters. The molecule has 1 aromatic rings. The van der Waals surface area contributed by atoms with Crippen molar-refractivity contribution in [1.82, 2.24) is 19.8 Å². The summed E-state index contributed by atoms with van der Waals surface area (Å²) in [6.45, 7) is 4.12. The maximum absolute atomic E-state index is 13.3. The summed E-state index contributed by atoms with van der Waals surface area (Å²) in [4.78, 5) is 28.0. The van der Waals surface area contributed by atoms with Gasteiger partial charge in [-0.3, -0.25) is 9.59 Å². The van der Waals surface area contributed by atoms with Crippen LogP contribution in [0, 0.1) is 11.3 Å². The highest BCUT2D eigenvalue weighted by Gasteiger charge is 2.65. The molecule has 2 heterocycles. The first-order chi connectivity index (χ1) is 15.4. The fourth-order valence-electron chi connectivity index (χ4n) is 5.28. The molecule has 0 radical (unpaired) electrons. The van der Waals surface area contributed by atoms with Gasteiger partial charge in [0, 0.05) is 26.1 Å². The van der Waals surface area contributed by atoms with Crippen LogP contribution in [0.15, 0.2) is 35.2 Å². The molecule has 4 rings (SSSR count). The first-order valence-corrected chi connectivity index (χ1v) is 13.1. The second-order valence-corrected chi connectivity index (χ2v) is 11.3. The van der Waals surface area contributed by atoms with Crippen LogP contribution in [0.1, 0.15) is 38.5 Å². The molecular formula is C23H34N4O4S. The molecule has 1 aliphatic carbocycles. The summed E-state index contributed by atoms with van der Waals surface area (Å²) in [7, 11) is -2.31. The van der Waals surface area contributed by atoms with Crippen LogP contribution in [0.5, 0.6) is 0 Å². The van der Waals surface area contributed by atoms with Crippen molar-refractivity contribution < 1.29 is 18.0 Å². The van der Waals surface area contributed by atoms with Gasteiger partial charge in [-0.1, -0.05) is 24.6 Å². The van der Waals surface area contributed by atoms with E-state index in [0.717, 1.165) is 26.1 Å². The number of amides is 2. The summed E-state index contributed by atoms with van der Waals surface area (Å²) in [6, 6.07) is 7.40. The van der Waals surface area contributed by atoms with E-state index in [1.807, 2.05) is 0 Å². The molecule has 1 spiro atoms. The topological polar surface area (TPSA) is 98.8 Å². The number of carbonyl (C=O) groups is 2. The van der Waals surface area contributed by atoms with Gasteiger partial charge in [-0.05, 0) is 69.3 Å². The van der Waals surface area contributed by atoms with Gasteiger partial charge < -0.3 is 15.5 Å². The predicted octanol–water partition coefficient (Wildman–Crippen LogP) is 1.19. The number of likely N-dealkylation sites (N-methyl/N-ethyl adjacent to an activating group) is 1. The zero-order valence-corrected chi connectivity index (χ0v) is 19.6. The molecular weight excluding hydrogens is 428 g/mol. The summed E-state index contributed by atoms with van der Waals surface area (Å²) in [5.74, 6) is -0.576. The molecule has 2 aliphatic heterocycles. The molecule has 0 aromatic heterocycles. The Kier molecular flexibility index (Phi) is 6.88. The largest absolute Gasteiger partial charge is 0.358 e. The monoisotopic (exact) mass is 462 g/mol. The average molecular weight is 463 g/mol. The Bertz CT molecular complexity index is 933. The number of hydrogen-bond donors (Lipinski definition) is 2. The molecule has 3 atom stereocenters. The third-order valence-electron chi connectivity index (χ3n) is 7.22. The Hall–Kier alpha value is -1.97. The van der Waals surface area contributed by atoms with Crippen molar-refractivity contribution in [2.24, 2.45) is 11.3 Å². The smallest absolute Gasteiger partial charge is 0.243 e. The van der Waals surface area contributed by atoms with Gasteiger partial charge in [-0.2, -0.15) is 4.31 Å². The predicted molar refractivity (Wildman–Crippen MR) is 121 cm³/mol. The Balaban J connectivity index is 1.37. The van der Waals surface area contributed by atoms with Crippen LogP contribution >= 0.6 is 0 Å². The maximum atomic E-state index is 13.3. The Labute approximate surface area is 190 Å². The standard InChI is InChI=1S/C23H34N4O4S/c1-24-22(29)20-16-23(17-27(20)32(30,31)18-9-4-2-5-10-18)15-19(23)21(28)25-11-8-14-26-12-6-3-7-13-26/h2,4-5,9-10,19-20H,3,6-8,11-17H2,1H3,(H,24,29)(H,25,28)/t19-,20+,23+/m1/s1. The molecule has 0 bridgehead atoms. The van der Waals surface area contributed by atoms with Gasteiger partial charge in [0.2, 0.25) is 21.8 Å². The fourth-order valence-corrected chi connectivity index (χ4v) is 6.99. The number of piperidine rings is 1. The van der Waals surface area contributed by atoms with Gasteiger partial charge >= 0.3 is 0 Å². The molecule has 2 amide bonds. The van der Waals surface area contributed by atoms with Crippen molar-refractivity contribution in [1.29, 1.82) is 0 Å². The molecule has 3 aliphatic rings. The van der Waals surface area contributed by atoms with Crippen LogP contribution in [0.2, 0.25) is 0 Å². The molecule has 2 saturated heterocycles. The molecule has 32 heavy (non-hydrogen) atoms. The third-order valence-corrected chi connectivity index (χ3v) is 9.09. The van der Waals surface area contributed by atoms with Gasteiger partial charge in [-0.15, -0.1) is 0 Å². The Morgan fingerprint density at radius 2 is 1.78 bits per heavy atom. The number of carbonyl (C=O) groups excluding carboxylic acids is 2. The van der Waals surface area contributed by atoms with Crippen LogP contribution in [0.25, 0.3) is 0 Å². The van der Waals surface area contributed by atoms with Crippen LogP contribution in [0.3, 0.4) is 0 Å². The van der Waals surface area contributed by atoms with Crippen LogP contribution in [-0.4, -0.2) is 75.3 Å². The second-order valence-electron chi connectivity index (χ2n) is 9.36. The number of nitrogens with zero attached hydrogens (tertiary/aromatic N) is 2. The van der Waals surface area contributed by atoms with E-state index in [1.54, 1.807) is 30.3 Å². The Morgan fingerprint density at radius 1 is 1.06 bits per heavy atom. The normalized spacial score (nSPS) is 28.5. The van der Waals surface area contributed by atoms with Crippen molar-refractivity contribution in [3.05, 3.63) is 30.3 Å². The van der Waals surface area contributed by atoms with Crippen molar-refractivity contribution in [2.75, 3.05) is 39.8 Å². The summed E-state index contributed by atoms with van der Waals surface area (Å²) < 4.78 is 27.8. The number of rotatable bonds is 8. The summed E-state index contributed by atoms with van der Waals surface area (Å²) >= 11 is 0. The van der Waals surface area contributed by atoms with Crippen molar-refractivity contribution in [3.8, 4) is 0 Å². The van der Waals surface area contributed by atoms with Crippen LogP contribution in [-0.2, 0) is 19.6 Å². The molecule has 3 fully saturated rings. The van der Waals surface area contributed by atoms with E-state index in [4.69, 9.17) is 0 Å². The number of benzene rings is 1. The van der Waals surface area contributed by atoms with Gasteiger partial charge in [0.15, 0.2) is 0 Å². The third kappa shape index (κ3) is 4.70. The zero-order chi connectivity index (χ0) is 22.8.